The molecule has 0 bridgehead atoms. The first-order chi connectivity index (χ1) is 57.3. The fourth-order valence-electron chi connectivity index (χ4n) is 13.9. The molecule has 5 heterocycles. The number of amides is 10. The summed E-state index contributed by atoms with van der Waals surface area (Å²) in [5, 5.41) is 34.2. The van der Waals surface area contributed by atoms with Crippen LogP contribution in [0, 0.1) is 5.92 Å². The van der Waals surface area contributed by atoms with Crippen molar-refractivity contribution in [1.82, 2.24) is 30.7 Å². The van der Waals surface area contributed by atoms with Crippen LogP contribution in [0.5, 0.6) is 23.0 Å². The zero-order valence-corrected chi connectivity index (χ0v) is 69.5. The van der Waals surface area contributed by atoms with Crippen molar-refractivity contribution in [1.29, 1.82) is 0 Å². The molecule has 652 valence electrons. The molecule has 0 aliphatic carbocycles. The lowest BCUT2D eigenvalue weighted by atomic mass is 9.99. The van der Waals surface area contributed by atoms with Gasteiger partial charge in [0, 0.05) is 178 Å². The topological polar surface area (TPSA) is 467 Å². The van der Waals surface area contributed by atoms with E-state index in [1.54, 1.807) is 46.8 Å². The lowest BCUT2D eigenvalue weighted by Crippen LogP contribution is -2.53. The first-order valence-corrected chi connectivity index (χ1v) is 40.3. The van der Waals surface area contributed by atoms with Crippen LogP contribution >= 0.6 is 0 Å². The van der Waals surface area contributed by atoms with Crippen LogP contribution in [-0.4, -0.2) is 226 Å². The molecule has 35 nitrogen and oxygen atoms in total. The molecule has 121 heavy (non-hydrogen) atoms. The molecule has 2 saturated heterocycles. The van der Waals surface area contributed by atoms with E-state index in [1.165, 1.54) is 67.3 Å². The molecular formula is C86H107N9O26. The number of carbonyl (C=O) groups is 18. The predicted octanol–water partition coefficient (Wildman–Crippen LogP) is 6.84. The Morgan fingerprint density at radius 1 is 0.504 bits per heavy atom. The summed E-state index contributed by atoms with van der Waals surface area (Å²) in [6.45, 7) is 17.6. The van der Waals surface area contributed by atoms with Crippen molar-refractivity contribution in [2.45, 2.75) is 225 Å². The van der Waals surface area contributed by atoms with E-state index in [0.717, 1.165) is 26.9 Å². The predicted molar refractivity (Wildman–Crippen MR) is 434 cm³/mol. The van der Waals surface area contributed by atoms with Crippen LogP contribution in [-0.2, 0) is 83.2 Å². The summed E-state index contributed by atoms with van der Waals surface area (Å²) < 4.78 is 35.3. The summed E-state index contributed by atoms with van der Waals surface area (Å²) in [7, 11) is 2.75. The number of aliphatic hydroxyl groups excluding tert-OH is 2. The Hall–Kier alpha value is -12.1. The number of ketones is 8. The molecule has 0 aromatic heterocycles. The molecule has 0 radical (unpaired) electrons. The van der Waals surface area contributed by atoms with Crippen molar-refractivity contribution < 1.29 is 125 Å². The molecule has 2 fully saturated rings. The first-order valence-electron chi connectivity index (χ1n) is 40.3. The normalized spacial score (nSPS) is 17.1. The Kier molecular flexibility index (Phi) is 34.1. The largest absolute Gasteiger partial charge is 0.493 e. The number of imide groups is 1. The maximum absolute atomic E-state index is 14.4. The molecular weight excluding hydrogens is 1570 g/mol. The third-order valence-corrected chi connectivity index (χ3v) is 20.7. The van der Waals surface area contributed by atoms with Crippen molar-refractivity contribution >= 4 is 123 Å². The quantitative estimate of drug-likeness (QED) is 0.0191. The van der Waals surface area contributed by atoms with Gasteiger partial charge in [-0.15, -0.1) is 0 Å². The monoisotopic (exact) mass is 1680 g/mol. The van der Waals surface area contributed by atoms with E-state index in [4.69, 9.17) is 28.4 Å². The maximum atomic E-state index is 14.4. The summed E-state index contributed by atoms with van der Waals surface area (Å²) in [4.78, 5) is 237. The van der Waals surface area contributed by atoms with Gasteiger partial charge in [-0.3, -0.25) is 81.6 Å². The lowest BCUT2D eigenvalue weighted by Gasteiger charge is -2.33. The van der Waals surface area contributed by atoms with Gasteiger partial charge in [-0.05, 0) is 76.3 Å². The number of ether oxygens (including phenoxy) is 6. The van der Waals surface area contributed by atoms with Crippen LogP contribution in [0.2, 0.25) is 0 Å². The van der Waals surface area contributed by atoms with Gasteiger partial charge in [-0.1, -0.05) is 50.3 Å². The Morgan fingerprint density at radius 2 is 0.909 bits per heavy atom. The van der Waals surface area contributed by atoms with E-state index in [1.807, 2.05) is 0 Å². The fourth-order valence-corrected chi connectivity index (χ4v) is 13.9. The average Bonchev–Trinajstić information content (AvgIpc) is 1.61. The number of hydrogen-bond donors (Lipinski definition) is 6. The number of Topliss-reactive ketones (excluding diaryl/α,β-unsaturated/α-hetero) is 8. The molecule has 10 amide bonds. The Bertz CT molecular complexity index is 4540. The van der Waals surface area contributed by atoms with Crippen molar-refractivity contribution in [3.8, 4) is 23.0 Å². The second kappa shape index (κ2) is 43.7. The SMILES string of the molecule is C=C1C[C@H]2[C@H](O)N(C(=O)OCc3ccc(NC(=O)[C@H](C)NC(=O)[C@@H](NC(=O)CCC(=O)CCC(=O)CCC(=O)CCC(=O)CCC(=O)CCC(=O)CCC(=O)CCC(=O)CCNC(=O)CCN4C(=O)C=CC4=O)C(C)C)cc3)c3cc(OCCCOc4cc5c(cc4OC)C(=O)N4CC(=C)C[C@H]4[C@H](O)N5C(=O)OC(C)(C)C)c(OC)cc3C(=O)N2C1. The van der Waals surface area contributed by atoms with Gasteiger partial charge in [0.15, 0.2) is 35.5 Å². The van der Waals surface area contributed by atoms with Gasteiger partial charge in [0.05, 0.1) is 62.0 Å². The molecule has 5 aliphatic rings. The molecule has 6 N–H and O–H groups in total. The number of aliphatic hydroxyl groups is 2. The smallest absolute Gasteiger partial charge is 0.417 e. The molecule has 5 aliphatic heterocycles. The van der Waals surface area contributed by atoms with Crippen LogP contribution in [0.3, 0.4) is 0 Å². The number of fused-ring (bicyclic) bond motifs is 4. The zero-order chi connectivity index (χ0) is 88.7. The first kappa shape index (κ1) is 94.3. The number of nitrogens with one attached hydrogen (secondary N) is 4. The number of benzene rings is 3. The van der Waals surface area contributed by atoms with E-state index < -0.39 is 113 Å². The van der Waals surface area contributed by atoms with Crippen LogP contribution in [0.25, 0.3) is 0 Å². The van der Waals surface area contributed by atoms with Gasteiger partial charge >= 0.3 is 12.2 Å². The number of carbonyl (C=O) groups excluding carboxylic acids is 18. The van der Waals surface area contributed by atoms with Crippen LogP contribution in [0.15, 0.2) is 85.0 Å². The van der Waals surface area contributed by atoms with Gasteiger partial charge in [0.2, 0.25) is 23.6 Å². The number of hydrogen-bond acceptors (Lipinski definition) is 26. The molecule has 0 spiro atoms. The third-order valence-electron chi connectivity index (χ3n) is 20.7. The summed E-state index contributed by atoms with van der Waals surface area (Å²) in [6, 6.07) is 7.81. The van der Waals surface area contributed by atoms with E-state index in [9.17, 15) is 96.5 Å². The molecule has 3 aromatic rings. The number of nitrogens with zero attached hydrogens (tertiary/aromatic N) is 5. The minimum Gasteiger partial charge on any atom is -0.493 e. The number of rotatable bonds is 46. The van der Waals surface area contributed by atoms with Crippen molar-refractivity contribution in [2.24, 2.45) is 5.92 Å². The summed E-state index contributed by atoms with van der Waals surface area (Å²) >= 11 is 0. The van der Waals surface area contributed by atoms with Crippen molar-refractivity contribution in [3.63, 3.8) is 0 Å². The van der Waals surface area contributed by atoms with E-state index in [2.05, 4.69) is 34.4 Å². The van der Waals surface area contributed by atoms with Crippen LogP contribution in [0.1, 0.15) is 203 Å². The molecule has 6 atom stereocenters. The highest BCUT2D eigenvalue weighted by Crippen LogP contribution is 2.45. The Morgan fingerprint density at radius 3 is 1.31 bits per heavy atom. The standard InChI is InChI=1S/C86H107N9O26/c1-49(2)77(90-74(105)31-30-61(102)27-26-59(100)23-22-57(98)19-18-55(96)16-17-56(97)20-21-58(99)24-25-60(101)28-29-62(103)34-36-87-73(104)35-37-91-75(106)32-33-76(91)107)79(109)88-52(5)78(108)89-54-14-12-53(13-15-54)48-120-84(114)94-65-44-71(69(116-9)42-63(65)80(110)92-46-50(3)40-67(92)82(94)112)118-38-11-39-119-72-45-66-64(43-70(72)117-10)81(111)93-47-51(4)41-68(93)83(113)95(66)85(115)121-86(6,7)8/h12-15,32-33,42-45,49,52,67-68,77,82-83,112-113H,3-4,11,16-31,34-41,46-48H2,1-2,5-10H3,(H,87,104)(H,88,109)(H,89,108)(H,90,105)/t52-,67-,68-,77-,82-,83-/m0/s1. The molecule has 3 aromatic carbocycles. The molecule has 8 rings (SSSR count). The third kappa shape index (κ3) is 26.9. The fraction of sp³-hybridized carbons (Fsp3) is 0.512. The van der Waals surface area contributed by atoms with Gasteiger partial charge in [-0.25, -0.2) is 19.4 Å². The van der Waals surface area contributed by atoms with E-state index in [0.29, 0.717) is 16.7 Å². The molecule has 35 heteroatoms. The summed E-state index contributed by atoms with van der Waals surface area (Å²) in [6.07, 6.45) is -5.22. The van der Waals surface area contributed by atoms with Gasteiger partial charge in [-0.2, -0.15) is 0 Å². The van der Waals surface area contributed by atoms with Gasteiger partial charge in [0.1, 0.15) is 70.6 Å². The van der Waals surface area contributed by atoms with Crippen LogP contribution in [0.4, 0.5) is 26.7 Å². The number of anilines is 3. The summed E-state index contributed by atoms with van der Waals surface area (Å²) in [5.41, 5.74) is 1.12. The molecule has 0 saturated carbocycles. The maximum Gasteiger partial charge on any atom is 0.417 e. The van der Waals surface area contributed by atoms with E-state index in [-0.39, 0.29) is 273 Å². The minimum absolute atomic E-state index is 0.00433. The Balaban J connectivity index is 0.715. The summed E-state index contributed by atoms with van der Waals surface area (Å²) in [5.74, 6) is -7.33. The van der Waals surface area contributed by atoms with Crippen molar-refractivity contribution in [3.05, 3.63) is 102 Å². The highest BCUT2D eigenvalue weighted by Gasteiger charge is 2.49. The average molecular weight is 1680 g/mol. The van der Waals surface area contributed by atoms with Gasteiger partial charge in [0.25, 0.3) is 23.6 Å². The van der Waals surface area contributed by atoms with E-state index >= 15 is 0 Å². The van der Waals surface area contributed by atoms with Gasteiger partial charge < -0.3 is 69.7 Å². The van der Waals surface area contributed by atoms with Crippen LogP contribution < -0.4 is 50.0 Å². The molecule has 0 unspecified atom stereocenters. The second-order valence-electron chi connectivity index (χ2n) is 31.6. The highest BCUT2D eigenvalue weighted by molar-refractivity contribution is 6.13. The Labute approximate surface area is 699 Å². The zero-order valence-electron chi connectivity index (χ0n) is 69.5. The second-order valence-corrected chi connectivity index (χ2v) is 31.6. The van der Waals surface area contributed by atoms with Crippen molar-refractivity contribution in [2.75, 3.05) is 68.7 Å². The lowest BCUT2D eigenvalue weighted by molar-refractivity contribution is -0.137. The minimum atomic E-state index is -1.64. The number of methoxy groups -OCH3 is 2. The highest BCUT2D eigenvalue weighted by atomic mass is 16.6.